The van der Waals surface area contributed by atoms with Gasteiger partial charge in [0.2, 0.25) is 10.8 Å². The highest BCUT2D eigenvalue weighted by Crippen LogP contribution is 2.39. The van der Waals surface area contributed by atoms with Crippen LogP contribution in [0.25, 0.3) is 0 Å². The van der Waals surface area contributed by atoms with Gasteiger partial charge in [-0.15, -0.1) is 0 Å². The van der Waals surface area contributed by atoms with Gasteiger partial charge < -0.3 is 24.4 Å². The summed E-state index contributed by atoms with van der Waals surface area (Å²) >= 11 is 2.53. The number of anilines is 3. The molecule has 3 saturated heterocycles. The van der Waals surface area contributed by atoms with Gasteiger partial charge in [0.15, 0.2) is 5.82 Å². The average molecular weight is 518 g/mol. The zero-order chi connectivity index (χ0) is 21.7. The summed E-state index contributed by atoms with van der Waals surface area (Å²) < 4.78 is 19.3. The molecule has 1 N–H and O–H groups in total. The number of aryl methyl sites for hydroxylation is 1. The Balaban J connectivity index is 1.28. The van der Waals surface area contributed by atoms with Crippen LogP contribution in [-0.4, -0.2) is 64.7 Å². The molecule has 4 aliphatic heterocycles. The molecule has 0 saturated carbocycles. The van der Waals surface area contributed by atoms with Crippen LogP contribution >= 0.6 is 15.9 Å². The van der Waals surface area contributed by atoms with E-state index < -0.39 is 11.2 Å². The van der Waals surface area contributed by atoms with Crippen molar-refractivity contribution in [2.24, 2.45) is 0 Å². The summed E-state index contributed by atoms with van der Waals surface area (Å²) in [4.78, 5) is 15.8. The third-order valence-electron chi connectivity index (χ3n) is 7.14. The van der Waals surface area contributed by atoms with E-state index in [9.17, 15) is 4.55 Å². The molecule has 9 heteroatoms. The minimum atomic E-state index is -1.01. The second-order valence-corrected chi connectivity index (χ2v) is 11.6. The number of hydrogen-bond donors (Lipinski definition) is 1. The van der Waals surface area contributed by atoms with Crippen molar-refractivity contribution in [1.29, 1.82) is 0 Å². The number of ether oxygens (including phenoxy) is 1. The number of benzene rings is 1. The first-order valence-corrected chi connectivity index (χ1v) is 13.7. The van der Waals surface area contributed by atoms with Gasteiger partial charge in [0.1, 0.15) is 11.4 Å². The second kappa shape index (κ2) is 8.66. The first kappa shape index (κ1) is 21.0. The van der Waals surface area contributed by atoms with E-state index in [1.54, 1.807) is 0 Å². The molecule has 1 aromatic carbocycles. The lowest BCUT2D eigenvalue weighted by molar-refractivity contribution is 0.0903. The van der Waals surface area contributed by atoms with E-state index in [1.807, 2.05) is 0 Å². The van der Waals surface area contributed by atoms with Gasteiger partial charge in [-0.2, -0.15) is 4.98 Å². The Labute approximate surface area is 200 Å². The fourth-order valence-electron chi connectivity index (χ4n) is 5.52. The maximum absolute atomic E-state index is 12.7. The predicted molar refractivity (Wildman–Crippen MR) is 130 cm³/mol. The van der Waals surface area contributed by atoms with E-state index in [4.69, 9.17) is 14.7 Å². The third-order valence-corrected chi connectivity index (χ3v) is 9.13. The maximum Gasteiger partial charge on any atom is 0.228 e. The molecule has 1 aromatic heterocycles. The number of rotatable bonds is 4. The summed E-state index contributed by atoms with van der Waals surface area (Å²) in [6, 6.07) is 9.73. The first-order chi connectivity index (χ1) is 15.7. The molecule has 4 aliphatic rings. The summed E-state index contributed by atoms with van der Waals surface area (Å²) in [5.41, 5.74) is 2.24. The summed E-state index contributed by atoms with van der Waals surface area (Å²) in [5, 5.41) is 3.62. The summed E-state index contributed by atoms with van der Waals surface area (Å²) in [6.45, 7) is 3.49. The van der Waals surface area contributed by atoms with Crippen molar-refractivity contribution < 1.29 is 9.29 Å². The minimum absolute atomic E-state index is 0.319. The van der Waals surface area contributed by atoms with Gasteiger partial charge in [-0.25, -0.2) is 4.98 Å². The SMILES string of the molecule is [O-][S+]1CCc2nc(N3C4CC[C@@H]3CN(c3ccc(Br)cc3)C4)nc(NC3CCOCC3)c21. The number of fused-ring (bicyclic) bond motifs is 3. The molecular formula is C23H28BrN5O2S. The van der Waals surface area contributed by atoms with Crippen LogP contribution < -0.4 is 15.1 Å². The largest absolute Gasteiger partial charge is 0.611 e. The van der Waals surface area contributed by atoms with Crippen molar-refractivity contribution in [2.45, 2.75) is 55.1 Å². The molecule has 0 amide bonds. The van der Waals surface area contributed by atoms with Gasteiger partial charge >= 0.3 is 0 Å². The summed E-state index contributed by atoms with van der Waals surface area (Å²) in [6.07, 6.45) is 5.00. The quantitative estimate of drug-likeness (QED) is 0.623. The highest BCUT2D eigenvalue weighted by Gasteiger charge is 2.43. The van der Waals surface area contributed by atoms with Gasteiger partial charge in [-0.3, -0.25) is 0 Å². The molecule has 3 atom stereocenters. The van der Waals surface area contributed by atoms with Crippen molar-refractivity contribution in [3.8, 4) is 0 Å². The Kier molecular flexibility index (Phi) is 5.69. The number of nitrogens with one attached hydrogen (secondary N) is 1. The highest BCUT2D eigenvalue weighted by atomic mass is 79.9. The molecule has 3 fully saturated rings. The molecule has 2 unspecified atom stereocenters. The van der Waals surface area contributed by atoms with Crippen molar-refractivity contribution in [2.75, 3.05) is 47.2 Å². The van der Waals surface area contributed by atoms with Crippen molar-refractivity contribution in [3.05, 3.63) is 34.4 Å². The van der Waals surface area contributed by atoms with E-state index >= 15 is 0 Å². The maximum atomic E-state index is 12.7. The van der Waals surface area contributed by atoms with Gasteiger partial charge in [-0.1, -0.05) is 15.9 Å². The first-order valence-electron chi connectivity index (χ1n) is 11.6. The van der Waals surface area contributed by atoms with Crippen molar-refractivity contribution in [1.82, 2.24) is 9.97 Å². The van der Waals surface area contributed by atoms with E-state index in [0.29, 0.717) is 23.9 Å². The number of aromatic nitrogens is 2. The van der Waals surface area contributed by atoms with Gasteiger partial charge in [0.05, 0.1) is 0 Å². The van der Waals surface area contributed by atoms with Crippen LogP contribution in [0.5, 0.6) is 0 Å². The average Bonchev–Trinajstić information content (AvgIpc) is 3.31. The molecule has 5 heterocycles. The monoisotopic (exact) mass is 517 g/mol. The smallest absolute Gasteiger partial charge is 0.228 e. The van der Waals surface area contributed by atoms with Crippen LogP contribution in [-0.2, 0) is 22.3 Å². The fraction of sp³-hybridized carbons (Fsp3) is 0.565. The van der Waals surface area contributed by atoms with E-state index in [1.165, 1.54) is 5.69 Å². The van der Waals surface area contributed by atoms with Crippen LogP contribution in [0.15, 0.2) is 33.6 Å². The van der Waals surface area contributed by atoms with E-state index in [0.717, 1.165) is 85.2 Å². The lowest BCUT2D eigenvalue weighted by atomic mass is 10.1. The standard InChI is InChI=1S/C23H28BrN5O2S/c24-15-1-3-17(4-2-15)28-13-18-5-6-19(14-28)29(18)23-26-20-9-12-32(30)21(20)22(27-23)25-16-7-10-31-11-8-16/h1-4,16,18-19H,5-14H2,(H,25,26,27)/t18-,19?,32?/m1/s1. The highest BCUT2D eigenvalue weighted by molar-refractivity contribution is 9.10. The normalized spacial score (nSPS) is 27.6. The summed E-state index contributed by atoms with van der Waals surface area (Å²) in [5.74, 6) is 2.27. The predicted octanol–water partition coefficient (Wildman–Crippen LogP) is 3.35. The summed E-state index contributed by atoms with van der Waals surface area (Å²) in [7, 11) is 0. The molecule has 7 nitrogen and oxygen atoms in total. The molecule has 0 spiro atoms. The number of halogens is 1. The Morgan fingerprint density at radius 1 is 1.03 bits per heavy atom. The van der Waals surface area contributed by atoms with Gasteiger partial charge in [-0.05, 0) is 61.1 Å². The molecule has 0 radical (unpaired) electrons. The zero-order valence-electron chi connectivity index (χ0n) is 18.0. The molecule has 0 aliphatic carbocycles. The second-order valence-electron chi connectivity index (χ2n) is 9.15. The lowest BCUT2D eigenvalue weighted by Gasteiger charge is -2.42. The molecule has 6 rings (SSSR count). The number of nitrogens with zero attached hydrogens (tertiary/aromatic N) is 4. The molecule has 170 valence electrons. The van der Waals surface area contributed by atoms with Gasteiger partial charge in [0, 0.05) is 61.0 Å². The number of hydrogen-bond acceptors (Lipinski definition) is 7. The molecule has 2 aromatic rings. The van der Waals surface area contributed by atoms with E-state index in [-0.39, 0.29) is 0 Å². The lowest BCUT2D eigenvalue weighted by Crippen LogP contribution is -2.54. The molecular weight excluding hydrogens is 490 g/mol. The Morgan fingerprint density at radius 3 is 2.47 bits per heavy atom. The Bertz CT molecular complexity index is 973. The Hall–Kier alpha value is -1.55. The van der Waals surface area contributed by atoms with Crippen LogP contribution in [0.4, 0.5) is 17.5 Å². The fourth-order valence-corrected chi connectivity index (χ4v) is 7.10. The third kappa shape index (κ3) is 3.87. The van der Waals surface area contributed by atoms with Gasteiger partial charge in [0.25, 0.3) is 0 Å². The van der Waals surface area contributed by atoms with Crippen molar-refractivity contribution in [3.63, 3.8) is 0 Å². The topological polar surface area (TPSA) is 76.6 Å². The number of piperazine rings is 1. The Morgan fingerprint density at radius 2 is 1.75 bits per heavy atom. The van der Waals surface area contributed by atoms with Crippen LogP contribution in [0.2, 0.25) is 0 Å². The van der Waals surface area contributed by atoms with Crippen LogP contribution in [0, 0.1) is 0 Å². The van der Waals surface area contributed by atoms with E-state index in [2.05, 4.69) is 55.3 Å². The van der Waals surface area contributed by atoms with Crippen molar-refractivity contribution >= 4 is 44.6 Å². The molecule has 2 bridgehead atoms. The van der Waals surface area contributed by atoms with Crippen LogP contribution in [0.1, 0.15) is 31.4 Å². The molecule has 32 heavy (non-hydrogen) atoms. The minimum Gasteiger partial charge on any atom is -0.611 e. The van der Waals surface area contributed by atoms with Crippen LogP contribution in [0.3, 0.4) is 0 Å². The zero-order valence-corrected chi connectivity index (χ0v) is 20.4.